The Kier molecular flexibility index (Phi) is 4.99. The van der Waals surface area contributed by atoms with E-state index in [-0.39, 0.29) is 18.4 Å². The molecule has 3 N–H and O–H groups in total. The van der Waals surface area contributed by atoms with Crippen LogP contribution in [0.25, 0.3) is 0 Å². The van der Waals surface area contributed by atoms with Gasteiger partial charge in [-0.3, -0.25) is 4.79 Å². The molecule has 0 aromatic carbocycles. The summed E-state index contributed by atoms with van der Waals surface area (Å²) in [5.74, 6) is 0.360. The van der Waals surface area contributed by atoms with Crippen LogP contribution >= 0.6 is 0 Å². The van der Waals surface area contributed by atoms with Gasteiger partial charge in [-0.2, -0.15) is 0 Å². The standard InChI is InChI=1S/C10H21NO2/c1-6(2)10(7(3)4)8(11)5-9(12)13/h6-8,10H,5,11H2,1-4H3,(H,12,13). The lowest BCUT2D eigenvalue weighted by Gasteiger charge is -2.29. The van der Waals surface area contributed by atoms with E-state index in [0.29, 0.717) is 11.8 Å². The zero-order valence-corrected chi connectivity index (χ0v) is 8.95. The van der Waals surface area contributed by atoms with E-state index >= 15 is 0 Å². The molecule has 0 saturated carbocycles. The van der Waals surface area contributed by atoms with Gasteiger partial charge >= 0.3 is 5.97 Å². The maximum absolute atomic E-state index is 10.5. The summed E-state index contributed by atoms with van der Waals surface area (Å²) in [6, 6.07) is -0.225. The summed E-state index contributed by atoms with van der Waals surface area (Å²) in [5.41, 5.74) is 5.84. The largest absolute Gasteiger partial charge is 0.481 e. The second kappa shape index (κ2) is 5.22. The van der Waals surface area contributed by atoms with Crippen LogP contribution in [0.4, 0.5) is 0 Å². The van der Waals surface area contributed by atoms with Gasteiger partial charge in [0, 0.05) is 6.04 Å². The Bertz CT molecular complexity index is 158. The molecule has 0 aromatic heterocycles. The van der Waals surface area contributed by atoms with Crippen LogP contribution in [0, 0.1) is 17.8 Å². The molecule has 0 bridgehead atoms. The van der Waals surface area contributed by atoms with Crippen molar-refractivity contribution in [1.29, 1.82) is 0 Å². The average Bonchev–Trinajstić information content (AvgIpc) is 1.81. The predicted octanol–water partition coefficient (Wildman–Crippen LogP) is 1.72. The van der Waals surface area contributed by atoms with Crippen molar-refractivity contribution >= 4 is 5.97 Å². The highest BCUT2D eigenvalue weighted by atomic mass is 16.4. The number of aliphatic carboxylic acids is 1. The Morgan fingerprint density at radius 1 is 1.23 bits per heavy atom. The van der Waals surface area contributed by atoms with E-state index in [4.69, 9.17) is 10.8 Å². The fourth-order valence-electron chi connectivity index (χ4n) is 2.10. The van der Waals surface area contributed by atoms with Crippen LogP contribution in [-0.2, 0) is 4.79 Å². The second-order valence-corrected chi connectivity index (χ2v) is 4.33. The maximum Gasteiger partial charge on any atom is 0.304 e. The third-order valence-corrected chi connectivity index (χ3v) is 2.44. The molecule has 78 valence electrons. The Labute approximate surface area is 80.3 Å². The van der Waals surface area contributed by atoms with Gasteiger partial charge in [0.1, 0.15) is 0 Å². The molecule has 0 amide bonds. The predicted molar refractivity (Wildman–Crippen MR) is 53.4 cm³/mol. The highest BCUT2D eigenvalue weighted by Crippen LogP contribution is 2.24. The van der Waals surface area contributed by atoms with Gasteiger partial charge in [-0.15, -0.1) is 0 Å². The molecule has 13 heavy (non-hydrogen) atoms. The summed E-state index contributed by atoms with van der Waals surface area (Å²) < 4.78 is 0. The minimum Gasteiger partial charge on any atom is -0.481 e. The Hall–Kier alpha value is -0.570. The molecule has 1 atom stereocenters. The topological polar surface area (TPSA) is 63.3 Å². The molecule has 0 aliphatic carbocycles. The number of hydrogen-bond donors (Lipinski definition) is 2. The highest BCUT2D eigenvalue weighted by Gasteiger charge is 2.25. The van der Waals surface area contributed by atoms with Crippen molar-refractivity contribution in [2.24, 2.45) is 23.5 Å². The monoisotopic (exact) mass is 187 g/mol. The number of carboxylic acid groups (broad SMARTS) is 1. The lowest BCUT2D eigenvalue weighted by atomic mass is 9.79. The molecule has 0 rings (SSSR count). The van der Waals surface area contributed by atoms with Crippen molar-refractivity contribution in [1.82, 2.24) is 0 Å². The second-order valence-electron chi connectivity index (χ2n) is 4.33. The molecule has 0 fully saturated rings. The van der Waals surface area contributed by atoms with Crippen molar-refractivity contribution in [3.63, 3.8) is 0 Å². The molecule has 0 saturated heterocycles. The summed E-state index contributed by atoms with van der Waals surface area (Å²) in [4.78, 5) is 10.5. The number of carboxylic acids is 1. The van der Waals surface area contributed by atoms with Crippen molar-refractivity contribution in [3.8, 4) is 0 Å². The van der Waals surface area contributed by atoms with Gasteiger partial charge in [0.05, 0.1) is 6.42 Å². The van der Waals surface area contributed by atoms with Crippen molar-refractivity contribution in [2.45, 2.75) is 40.2 Å². The molecular weight excluding hydrogens is 166 g/mol. The first-order valence-corrected chi connectivity index (χ1v) is 4.83. The van der Waals surface area contributed by atoms with Gasteiger partial charge in [-0.1, -0.05) is 27.7 Å². The van der Waals surface area contributed by atoms with Gasteiger partial charge in [0.15, 0.2) is 0 Å². The summed E-state index contributed by atoms with van der Waals surface area (Å²) in [6.07, 6.45) is 0.0705. The van der Waals surface area contributed by atoms with Gasteiger partial charge < -0.3 is 10.8 Å². The molecule has 0 aromatic rings. The van der Waals surface area contributed by atoms with Crippen molar-refractivity contribution in [3.05, 3.63) is 0 Å². The van der Waals surface area contributed by atoms with Gasteiger partial charge in [0.2, 0.25) is 0 Å². The van der Waals surface area contributed by atoms with E-state index in [1.54, 1.807) is 0 Å². The molecule has 3 heteroatoms. The summed E-state index contributed by atoms with van der Waals surface area (Å²) >= 11 is 0. The molecular formula is C10H21NO2. The van der Waals surface area contributed by atoms with E-state index in [0.717, 1.165) is 0 Å². The van der Waals surface area contributed by atoms with Crippen LogP contribution in [0.2, 0.25) is 0 Å². The zero-order chi connectivity index (χ0) is 10.6. The van der Waals surface area contributed by atoms with Gasteiger partial charge in [-0.05, 0) is 17.8 Å². The number of nitrogens with two attached hydrogens (primary N) is 1. The summed E-state index contributed by atoms with van der Waals surface area (Å²) in [5, 5.41) is 8.62. The molecule has 0 spiro atoms. The van der Waals surface area contributed by atoms with E-state index in [1.165, 1.54) is 0 Å². The van der Waals surface area contributed by atoms with Gasteiger partial charge in [0.25, 0.3) is 0 Å². The van der Waals surface area contributed by atoms with E-state index < -0.39 is 5.97 Å². The first-order valence-electron chi connectivity index (χ1n) is 4.83. The number of rotatable bonds is 5. The van der Waals surface area contributed by atoms with E-state index in [9.17, 15) is 4.79 Å². The highest BCUT2D eigenvalue weighted by molar-refractivity contribution is 5.67. The fraction of sp³-hybridized carbons (Fsp3) is 0.900. The molecule has 3 nitrogen and oxygen atoms in total. The average molecular weight is 187 g/mol. The van der Waals surface area contributed by atoms with E-state index in [2.05, 4.69) is 27.7 Å². The lowest BCUT2D eigenvalue weighted by Crippen LogP contribution is -2.38. The molecule has 0 aliphatic rings. The summed E-state index contributed by atoms with van der Waals surface area (Å²) in [7, 11) is 0. The SMILES string of the molecule is CC(C)C(C(C)C)C(N)CC(=O)O. The van der Waals surface area contributed by atoms with Crippen LogP contribution in [0.1, 0.15) is 34.1 Å². The van der Waals surface area contributed by atoms with Crippen LogP contribution < -0.4 is 5.73 Å². The van der Waals surface area contributed by atoms with Crippen LogP contribution in [-0.4, -0.2) is 17.1 Å². The molecule has 0 heterocycles. The van der Waals surface area contributed by atoms with Crippen molar-refractivity contribution in [2.75, 3.05) is 0 Å². The number of hydrogen-bond acceptors (Lipinski definition) is 2. The van der Waals surface area contributed by atoms with Crippen LogP contribution in [0.3, 0.4) is 0 Å². The Morgan fingerprint density at radius 2 is 1.62 bits per heavy atom. The van der Waals surface area contributed by atoms with Crippen LogP contribution in [0.5, 0.6) is 0 Å². The molecule has 0 radical (unpaired) electrons. The quantitative estimate of drug-likeness (QED) is 0.688. The zero-order valence-electron chi connectivity index (χ0n) is 8.95. The third-order valence-electron chi connectivity index (χ3n) is 2.44. The minimum absolute atomic E-state index is 0.0705. The smallest absolute Gasteiger partial charge is 0.304 e. The normalized spacial score (nSPS) is 14.2. The summed E-state index contributed by atoms with van der Waals surface area (Å²) in [6.45, 7) is 8.36. The lowest BCUT2D eigenvalue weighted by molar-refractivity contribution is -0.137. The van der Waals surface area contributed by atoms with E-state index in [1.807, 2.05) is 0 Å². The van der Waals surface area contributed by atoms with Gasteiger partial charge in [-0.25, -0.2) is 0 Å². The minimum atomic E-state index is -0.807. The van der Waals surface area contributed by atoms with Crippen molar-refractivity contribution < 1.29 is 9.90 Å². The Balaban J connectivity index is 4.28. The third kappa shape index (κ3) is 4.27. The molecule has 0 aliphatic heterocycles. The first-order chi connectivity index (χ1) is 5.86. The van der Waals surface area contributed by atoms with Crippen LogP contribution in [0.15, 0.2) is 0 Å². The first kappa shape index (κ1) is 12.4. The number of carbonyl (C=O) groups is 1. The molecule has 1 unspecified atom stereocenters. The fourth-order valence-corrected chi connectivity index (χ4v) is 2.10. The maximum atomic E-state index is 10.5. The Morgan fingerprint density at radius 3 is 1.85 bits per heavy atom.